The van der Waals surface area contributed by atoms with Crippen LogP contribution >= 0.6 is 0 Å². The van der Waals surface area contributed by atoms with Crippen LogP contribution in [-0.4, -0.2) is 0 Å². The fourth-order valence-corrected chi connectivity index (χ4v) is 2.09. The first-order valence-electron chi connectivity index (χ1n) is 6.84. The van der Waals surface area contributed by atoms with Gasteiger partial charge in [0.1, 0.15) is 0 Å². The molecule has 17 heavy (non-hydrogen) atoms. The van der Waals surface area contributed by atoms with Crippen LogP contribution in [-0.2, 0) is 6.42 Å². The fourth-order valence-electron chi connectivity index (χ4n) is 2.09. The van der Waals surface area contributed by atoms with Crippen molar-refractivity contribution in [3.05, 3.63) is 45.6 Å². The predicted octanol–water partition coefficient (Wildman–Crippen LogP) is 4.26. The van der Waals surface area contributed by atoms with Crippen molar-refractivity contribution >= 4 is 0 Å². The summed E-state index contributed by atoms with van der Waals surface area (Å²) >= 11 is 0. The second-order valence-electron chi connectivity index (χ2n) is 4.75. The maximum atomic E-state index is 11.6. The largest absolute Gasteiger partial charge is 0.290 e. The van der Waals surface area contributed by atoms with E-state index >= 15 is 0 Å². The van der Waals surface area contributed by atoms with Gasteiger partial charge < -0.3 is 0 Å². The maximum absolute atomic E-state index is 11.6. The second-order valence-corrected chi connectivity index (χ2v) is 4.75. The van der Waals surface area contributed by atoms with Crippen LogP contribution in [0.4, 0.5) is 0 Å². The Morgan fingerprint density at radius 2 is 1.59 bits per heavy atom. The van der Waals surface area contributed by atoms with Crippen LogP contribution in [0.2, 0.25) is 0 Å². The molecule has 0 heterocycles. The monoisotopic (exact) mass is 232 g/mol. The van der Waals surface area contributed by atoms with Gasteiger partial charge in [-0.2, -0.15) is 0 Å². The fraction of sp³-hybridized carbons (Fsp3) is 0.562. The van der Waals surface area contributed by atoms with Gasteiger partial charge in [0.2, 0.25) is 0 Å². The SMILES string of the molecule is CCCCCCCCc1ccccc(=O)c1C. The molecule has 0 aliphatic rings. The summed E-state index contributed by atoms with van der Waals surface area (Å²) < 4.78 is 0. The van der Waals surface area contributed by atoms with Gasteiger partial charge in [-0.3, -0.25) is 4.79 Å². The van der Waals surface area contributed by atoms with E-state index in [1.807, 2.05) is 19.1 Å². The summed E-state index contributed by atoms with van der Waals surface area (Å²) in [5.74, 6) is 0. The first-order valence-corrected chi connectivity index (χ1v) is 6.84. The van der Waals surface area contributed by atoms with Gasteiger partial charge in [0, 0.05) is 0 Å². The molecule has 0 N–H and O–H groups in total. The summed E-state index contributed by atoms with van der Waals surface area (Å²) in [6, 6.07) is 7.55. The zero-order valence-electron chi connectivity index (χ0n) is 11.2. The molecule has 0 atom stereocenters. The lowest BCUT2D eigenvalue weighted by Gasteiger charge is -2.02. The van der Waals surface area contributed by atoms with E-state index in [0.29, 0.717) is 0 Å². The van der Waals surface area contributed by atoms with Crippen molar-refractivity contribution in [1.82, 2.24) is 0 Å². The minimum Gasteiger partial charge on any atom is -0.290 e. The zero-order chi connectivity index (χ0) is 12.5. The Hall–Kier alpha value is -1.11. The van der Waals surface area contributed by atoms with Crippen molar-refractivity contribution < 1.29 is 0 Å². The number of aryl methyl sites for hydroxylation is 1. The molecule has 0 aromatic heterocycles. The van der Waals surface area contributed by atoms with E-state index in [1.54, 1.807) is 6.07 Å². The van der Waals surface area contributed by atoms with E-state index in [-0.39, 0.29) is 5.43 Å². The van der Waals surface area contributed by atoms with Gasteiger partial charge in [0.05, 0.1) is 0 Å². The Balaban J connectivity index is 2.40. The Morgan fingerprint density at radius 3 is 2.35 bits per heavy atom. The lowest BCUT2D eigenvalue weighted by molar-refractivity contribution is 0.607. The molecule has 0 fully saturated rings. The average Bonchev–Trinajstić information content (AvgIpc) is 2.48. The molecule has 1 aromatic carbocycles. The van der Waals surface area contributed by atoms with Crippen LogP contribution in [0.1, 0.15) is 56.6 Å². The van der Waals surface area contributed by atoms with Gasteiger partial charge in [-0.25, -0.2) is 0 Å². The lowest BCUT2D eigenvalue weighted by Crippen LogP contribution is -2.02. The van der Waals surface area contributed by atoms with Gasteiger partial charge in [0.25, 0.3) is 0 Å². The summed E-state index contributed by atoms with van der Waals surface area (Å²) in [6.45, 7) is 4.18. The van der Waals surface area contributed by atoms with Gasteiger partial charge in [0.15, 0.2) is 5.43 Å². The minimum absolute atomic E-state index is 0.163. The number of hydrogen-bond donors (Lipinski definition) is 0. The van der Waals surface area contributed by atoms with Crippen LogP contribution in [0.25, 0.3) is 0 Å². The Bertz CT molecular complexity index is 382. The van der Waals surface area contributed by atoms with Gasteiger partial charge in [-0.15, -0.1) is 0 Å². The topological polar surface area (TPSA) is 17.1 Å². The molecule has 94 valence electrons. The summed E-state index contributed by atoms with van der Waals surface area (Å²) in [5, 5.41) is 0. The summed E-state index contributed by atoms with van der Waals surface area (Å²) in [7, 11) is 0. The molecule has 0 saturated heterocycles. The van der Waals surface area contributed by atoms with Crippen molar-refractivity contribution in [3.63, 3.8) is 0 Å². The molecule has 1 nitrogen and oxygen atoms in total. The second kappa shape index (κ2) is 8.05. The molecule has 0 radical (unpaired) electrons. The standard InChI is InChI=1S/C16H24O/c1-3-4-5-6-7-8-11-15-12-9-10-13-16(17)14(15)2/h9-10,12-13H,3-8,11H2,1-2H3. The van der Waals surface area contributed by atoms with E-state index in [1.165, 1.54) is 44.1 Å². The molecule has 0 unspecified atom stereocenters. The molecule has 0 bridgehead atoms. The maximum Gasteiger partial charge on any atom is 0.181 e. The van der Waals surface area contributed by atoms with E-state index in [0.717, 1.165) is 12.0 Å². The number of unbranched alkanes of at least 4 members (excludes halogenated alkanes) is 5. The zero-order valence-corrected chi connectivity index (χ0v) is 11.2. The Kier molecular flexibility index (Phi) is 6.61. The quantitative estimate of drug-likeness (QED) is 0.642. The highest BCUT2D eigenvalue weighted by Gasteiger charge is 1.99. The minimum atomic E-state index is 0.163. The lowest BCUT2D eigenvalue weighted by atomic mass is 10.0. The third-order valence-corrected chi connectivity index (χ3v) is 3.31. The van der Waals surface area contributed by atoms with E-state index in [2.05, 4.69) is 13.0 Å². The van der Waals surface area contributed by atoms with Gasteiger partial charge >= 0.3 is 0 Å². The van der Waals surface area contributed by atoms with Gasteiger partial charge in [-0.1, -0.05) is 57.2 Å². The van der Waals surface area contributed by atoms with Crippen LogP contribution in [0.15, 0.2) is 29.1 Å². The molecular weight excluding hydrogens is 208 g/mol. The molecule has 0 spiro atoms. The van der Waals surface area contributed by atoms with Crippen molar-refractivity contribution in [3.8, 4) is 0 Å². The van der Waals surface area contributed by atoms with Crippen molar-refractivity contribution in [2.75, 3.05) is 0 Å². The van der Waals surface area contributed by atoms with Crippen LogP contribution in [0, 0.1) is 6.92 Å². The van der Waals surface area contributed by atoms with E-state index in [9.17, 15) is 4.79 Å². The smallest absolute Gasteiger partial charge is 0.181 e. The first kappa shape index (κ1) is 14.0. The summed E-state index contributed by atoms with van der Waals surface area (Å²) in [6.07, 6.45) is 8.86. The Morgan fingerprint density at radius 1 is 0.941 bits per heavy atom. The van der Waals surface area contributed by atoms with Crippen molar-refractivity contribution in [2.45, 2.75) is 58.8 Å². The highest BCUT2D eigenvalue weighted by Crippen LogP contribution is 2.10. The number of rotatable bonds is 7. The van der Waals surface area contributed by atoms with Crippen molar-refractivity contribution in [2.24, 2.45) is 0 Å². The van der Waals surface area contributed by atoms with Crippen LogP contribution in [0.3, 0.4) is 0 Å². The summed E-state index contributed by atoms with van der Waals surface area (Å²) in [4.78, 5) is 11.6. The summed E-state index contributed by atoms with van der Waals surface area (Å²) in [5.41, 5.74) is 2.30. The highest BCUT2D eigenvalue weighted by molar-refractivity contribution is 5.24. The third kappa shape index (κ3) is 5.16. The first-order chi connectivity index (χ1) is 8.25. The van der Waals surface area contributed by atoms with E-state index < -0.39 is 0 Å². The molecule has 0 aliphatic heterocycles. The third-order valence-electron chi connectivity index (χ3n) is 3.31. The van der Waals surface area contributed by atoms with Gasteiger partial charge in [-0.05, 0) is 37.0 Å². The Labute approximate surface area is 105 Å². The molecule has 0 amide bonds. The molecular formula is C16H24O. The average molecular weight is 232 g/mol. The predicted molar refractivity (Wildman–Crippen MR) is 74.5 cm³/mol. The highest BCUT2D eigenvalue weighted by atomic mass is 16.1. The molecule has 1 aromatic rings. The van der Waals surface area contributed by atoms with E-state index in [4.69, 9.17) is 0 Å². The normalized spacial score (nSPS) is 10.5. The molecule has 0 aliphatic carbocycles. The number of hydrogen-bond acceptors (Lipinski definition) is 1. The van der Waals surface area contributed by atoms with Crippen molar-refractivity contribution in [1.29, 1.82) is 0 Å². The van der Waals surface area contributed by atoms with Crippen LogP contribution < -0.4 is 5.43 Å². The molecule has 0 saturated carbocycles. The molecule has 1 heteroatoms. The van der Waals surface area contributed by atoms with Crippen LogP contribution in [0.5, 0.6) is 0 Å². The molecule has 1 rings (SSSR count).